The molecule has 2 rings (SSSR count). The second-order valence-corrected chi connectivity index (χ2v) is 5.77. The van der Waals surface area contributed by atoms with Gasteiger partial charge in [-0.2, -0.15) is 0 Å². The standard InChI is InChI=1S/C15H20/c1-10-8-12-6-7-14(15(3,4)5)13(12)9-11(10)2/h6-9,14H,1-5H3. The Morgan fingerprint density at radius 2 is 1.60 bits per heavy atom. The summed E-state index contributed by atoms with van der Waals surface area (Å²) in [5.74, 6) is 0.576. The summed E-state index contributed by atoms with van der Waals surface area (Å²) in [5, 5.41) is 0. The minimum Gasteiger partial charge on any atom is -0.0759 e. The average Bonchev–Trinajstić information content (AvgIpc) is 2.47. The lowest BCUT2D eigenvalue weighted by Crippen LogP contribution is -2.15. The molecule has 0 heteroatoms. The first-order valence-electron chi connectivity index (χ1n) is 5.69. The van der Waals surface area contributed by atoms with Gasteiger partial charge in [0.2, 0.25) is 0 Å². The third-order valence-corrected chi connectivity index (χ3v) is 3.44. The summed E-state index contributed by atoms with van der Waals surface area (Å²) in [7, 11) is 0. The third-order valence-electron chi connectivity index (χ3n) is 3.44. The van der Waals surface area contributed by atoms with Crippen molar-refractivity contribution in [1.29, 1.82) is 0 Å². The van der Waals surface area contributed by atoms with Crippen molar-refractivity contribution in [3.05, 3.63) is 40.5 Å². The molecule has 80 valence electrons. The van der Waals surface area contributed by atoms with E-state index in [4.69, 9.17) is 0 Å². The SMILES string of the molecule is Cc1cc2c(cc1C)C(C(C)(C)C)C=C2. The maximum atomic E-state index is 2.36. The summed E-state index contributed by atoms with van der Waals surface area (Å²) in [5.41, 5.74) is 6.05. The second kappa shape index (κ2) is 3.23. The number of allylic oxidation sites excluding steroid dienone is 1. The Morgan fingerprint density at radius 1 is 1.00 bits per heavy atom. The molecule has 0 nitrogen and oxygen atoms in total. The number of aryl methyl sites for hydroxylation is 2. The van der Waals surface area contributed by atoms with E-state index >= 15 is 0 Å². The van der Waals surface area contributed by atoms with Gasteiger partial charge in [0.1, 0.15) is 0 Å². The fourth-order valence-corrected chi connectivity index (χ4v) is 2.33. The number of hydrogen-bond donors (Lipinski definition) is 0. The summed E-state index contributed by atoms with van der Waals surface area (Å²) >= 11 is 0. The molecule has 0 saturated heterocycles. The summed E-state index contributed by atoms with van der Waals surface area (Å²) in [6.45, 7) is 11.3. The molecular weight excluding hydrogens is 180 g/mol. The van der Waals surface area contributed by atoms with E-state index in [1.54, 1.807) is 0 Å². The van der Waals surface area contributed by atoms with E-state index in [0.29, 0.717) is 11.3 Å². The maximum Gasteiger partial charge on any atom is 0.00759 e. The third kappa shape index (κ3) is 1.73. The van der Waals surface area contributed by atoms with Crippen LogP contribution in [0.25, 0.3) is 6.08 Å². The Hall–Kier alpha value is -1.04. The van der Waals surface area contributed by atoms with Crippen LogP contribution in [0.5, 0.6) is 0 Å². The zero-order chi connectivity index (χ0) is 11.2. The second-order valence-electron chi connectivity index (χ2n) is 5.77. The minimum atomic E-state index is 0.323. The predicted molar refractivity (Wildman–Crippen MR) is 67.1 cm³/mol. The molecule has 0 radical (unpaired) electrons. The highest BCUT2D eigenvalue weighted by Gasteiger charge is 2.28. The first kappa shape index (κ1) is 10.5. The summed E-state index contributed by atoms with van der Waals surface area (Å²) < 4.78 is 0. The molecule has 0 saturated carbocycles. The van der Waals surface area contributed by atoms with Crippen molar-refractivity contribution in [2.75, 3.05) is 0 Å². The van der Waals surface area contributed by atoms with Gasteiger partial charge in [0.25, 0.3) is 0 Å². The van der Waals surface area contributed by atoms with Crippen molar-refractivity contribution in [1.82, 2.24) is 0 Å². The van der Waals surface area contributed by atoms with E-state index in [0.717, 1.165) is 0 Å². The summed E-state index contributed by atoms with van der Waals surface area (Å²) in [4.78, 5) is 0. The quantitative estimate of drug-likeness (QED) is 0.580. The van der Waals surface area contributed by atoms with Crippen molar-refractivity contribution in [3.63, 3.8) is 0 Å². The number of benzene rings is 1. The Balaban J connectivity index is 2.52. The van der Waals surface area contributed by atoms with E-state index in [2.05, 4.69) is 58.9 Å². The van der Waals surface area contributed by atoms with Crippen molar-refractivity contribution in [3.8, 4) is 0 Å². The normalized spacial score (nSPS) is 19.4. The molecule has 0 spiro atoms. The number of fused-ring (bicyclic) bond motifs is 1. The largest absolute Gasteiger partial charge is 0.0759 e. The summed E-state index contributed by atoms with van der Waals surface area (Å²) in [6.07, 6.45) is 4.63. The van der Waals surface area contributed by atoms with Crippen LogP contribution in [0.3, 0.4) is 0 Å². The highest BCUT2D eigenvalue weighted by atomic mass is 14.3. The lowest BCUT2D eigenvalue weighted by molar-refractivity contribution is 0.370. The van der Waals surface area contributed by atoms with Gasteiger partial charge in [0, 0.05) is 5.92 Å². The Kier molecular flexibility index (Phi) is 2.26. The van der Waals surface area contributed by atoms with Gasteiger partial charge in [0.15, 0.2) is 0 Å². The molecule has 0 N–H and O–H groups in total. The molecule has 0 fully saturated rings. The molecule has 15 heavy (non-hydrogen) atoms. The monoisotopic (exact) mass is 200 g/mol. The van der Waals surface area contributed by atoms with Crippen LogP contribution < -0.4 is 0 Å². The lowest BCUT2D eigenvalue weighted by Gasteiger charge is -2.27. The van der Waals surface area contributed by atoms with Gasteiger partial charge >= 0.3 is 0 Å². The predicted octanol–water partition coefficient (Wildman–Crippen LogP) is 4.46. The Morgan fingerprint density at radius 3 is 2.20 bits per heavy atom. The highest BCUT2D eigenvalue weighted by molar-refractivity contribution is 5.64. The highest BCUT2D eigenvalue weighted by Crippen LogP contribution is 2.43. The van der Waals surface area contributed by atoms with E-state index in [-0.39, 0.29) is 0 Å². The van der Waals surface area contributed by atoms with Gasteiger partial charge in [-0.25, -0.2) is 0 Å². The van der Waals surface area contributed by atoms with Crippen LogP contribution in [0.1, 0.15) is 48.9 Å². The van der Waals surface area contributed by atoms with Gasteiger partial charge in [-0.3, -0.25) is 0 Å². The molecule has 0 aromatic heterocycles. The zero-order valence-electron chi connectivity index (χ0n) is 10.4. The Bertz CT molecular complexity index is 416. The fraction of sp³-hybridized carbons (Fsp3) is 0.467. The molecule has 1 unspecified atom stereocenters. The van der Waals surface area contributed by atoms with E-state index < -0.39 is 0 Å². The van der Waals surface area contributed by atoms with Gasteiger partial charge in [-0.1, -0.05) is 45.1 Å². The average molecular weight is 200 g/mol. The summed E-state index contributed by atoms with van der Waals surface area (Å²) in [6, 6.07) is 4.67. The Labute approximate surface area is 93.0 Å². The molecule has 1 aromatic carbocycles. The van der Waals surface area contributed by atoms with E-state index in [9.17, 15) is 0 Å². The van der Waals surface area contributed by atoms with Crippen molar-refractivity contribution >= 4 is 6.08 Å². The molecule has 0 bridgehead atoms. The van der Waals surface area contributed by atoms with Gasteiger partial charge < -0.3 is 0 Å². The van der Waals surface area contributed by atoms with Gasteiger partial charge in [0.05, 0.1) is 0 Å². The number of rotatable bonds is 0. The smallest absolute Gasteiger partial charge is 0.00759 e. The molecule has 0 heterocycles. The van der Waals surface area contributed by atoms with E-state index in [1.807, 2.05) is 0 Å². The molecule has 1 atom stereocenters. The molecule has 1 aromatic rings. The first-order chi connectivity index (χ1) is 6.89. The molecular formula is C15H20. The van der Waals surface area contributed by atoms with Crippen LogP contribution in [0.15, 0.2) is 18.2 Å². The van der Waals surface area contributed by atoms with Gasteiger partial charge in [-0.15, -0.1) is 0 Å². The van der Waals surface area contributed by atoms with Crippen LogP contribution in [-0.4, -0.2) is 0 Å². The van der Waals surface area contributed by atoms with Gasteiger partial charge in [-0.05, 0) is 41.5 Å². The van der Waals surface area contributed by atoms with Crippen molar-refractivity contribution < 1.29 is 0 Å². The van der Waals surface area contributed by atoms with Crippen LogP contribution in [0.2, 0.25) is 0 Å². The zero-order valence-corrected chi connectivity index (χ0v) is 10.4. The topological polar surface area (TPSA) is 0 Å². The molecule has 1 aliphatic rings. The van der Waals surface area contributed by atoms with Crippen molar-refractivity contribution in [2.24, 2.45) is 5.41 Å². The van der Waals surface area contributed by atoms with Crippen LogP contribution in [0.4, 0.5) is 0 Å². The maximum absolute atomic E-state index is 2.36. The number of hydrogen-bond acceptors (Lipinski definition) is 0. The molecule has 0 amide bonds. The van der Waals surface area contributed by atoms with Crippen LogP contribution >= 0.6 is 0 Å². The van der Waals surface area contributed by atoms with Crippen LogP contribution in [0, 0.1) is 19.3 Å². The molecule has 1 aliphatic carbocycles. The van der Waals surface area contributed by atoms with Crippen LogP contribution in [-0.2, 0) is 0 Å². The van der Waals surface area contributed by atoms with E-state index in [1.165, 1.54) is 22.3 Å². The molecule has 0 aliphatic heterocycles. The first-order valence-corrected chi connectivity index (χ1v) is 5.69. The lowest BCUT2D eigenvalue weighted by atomic mass is 9.77. The fourth-order valence-electron chi connectivity index (χ4n) is 2.33. The van der Waals surface area contributed by atoms with Crippen molar-refractivity contribution in [2.45, 2.75) is 40.5 Å². The minimum absolute atomic E-state index is 0.323.